The Balaban J connectivity index is 2.32. The first-order chi connectivity index (χ1) is 8.79. The van der Waals surface area contributed by atoms with Gasteiger partial charge in [0.05, 0.1) is 0 Å². The molecule has 0 saturated carbocycles. The minimum absolute atomic E-state index is 0.241. The highest BCUT2D eigenvalue weighted by Crippen LogP contribution is 2.21. The van der Waals surface area contributed by atoms with E-state index in [4.69, 9.17) is 5.84 Å². The van der Waals surface area contributed by atoms with E-state index in [0.29, 0.717) is 0 Å². The van der Waals surface area contributed by atoms with Gasteiger partial charge in [-0.1, -0.05) is 51.5 Å². The van der Waals surface area contributed by atoms with Crippen molar-refractivity contribution in [3.8, 4) is 0 Å². The highest BCUT2D eigenvalue weighted by atomic mass is 15.2. The third-order valence-electron chi connectivity index (χ3n) is 3.47. The molecule has 0 aliphatic rings. The number of hydrogen-bond acceptors (Lipinski definition) is 3. The van der Waals surface area contributed by atoms with Crippen LogP contribution in [-0.4, -0.2) is 4.98 Å². The number of aromatic nitrogens is 1. The summed E-state index contributed by atoms with van der Waals surface area (Å²) in [5.74, 6) is 5.66. The standard InChI is InChI=1S/C15H27N3/c1-3-4-5-6-7-8-11-15(18-16)14-10-9-12-17-13(14)2/h9-10,12,15,18H,3-8,11,16H2,1-2H3. The molecule has 1 unspecified atom stereocenters. The van der Waals surface area contributed by atoms with Crippen LogP contribution in [0.3, 0.4) is 0 Å². The largest absolute Gasteiger partial charge is 0.271 e. The van der Waals surface area contributed by atoms with Crippen LogP contribution < -0.4 is 11.3 Å². The lowest BCUT2D eigenvalue weighted by Gasteiger charge is -2.17. The molecule has 18 heavy (non-hydrogen) atoms. The molecular weight excluding hydrogens is 222 g/mol. The van der Waals surface area contributed by atoms with Crippen LogP contribution in [0.2, 0.25) is 0 Å². The summed E-state index contributed by atoms with van der Waals surface area (Å²) in [6, 6.07) is 4.34. The number of aryl methyl sites for hydroxylation is 1. The molecule has 0 fully saturated rings. The molecule has 0 radical (unpaired) electrons. The fraction of sp³-hybridized carbons (Fsp3) is 0.667. The van der Waals surface area contributed by atoms with E-state index in [1.807, 2.05) is 19.2 Å². The van der Waals surface area contributed by atoms with E-state index in [-0.39, 0.29) is 6.04 Å². The van der Waals surface area contributed by atoms with Crippen molar-refractivity contribution in [2.45, 2.75) is 64.8 Å². The van der Waals surface area contributed by atoms with Gasteiger partial charge in [0.25, 0.3) is 0 Å². The first-order valence-electron chi connectivity index (χ1n) is 7.17. The fourth-order valence-electron chi connectivity index (χ4n) is 2.32. The quantitative estimate of drug-likeness (QED) is 0.399. The van der Waals surface area contributed by atoms with Crippen LogP contribution in [0.1, 0.15) is 69.2 Å². The molecule has 102 valence electrons. The van der Waals surface area contributed by atoms with Gasteiger partial charge in [0, 0.05) is 17.9 Å². The van der Waals surface area contributed by atoms with E-state index >= 15 is 0 Å². The summed E-state index contributed by atoms with van der Waals surface area (Å²) in [5.41, 5.74) is 5.23. The lowest BCUT2D eigenvalue weighted by molar-refractivity contribution is 0.474. The first kappa shape index (κ1) is 15.1. The number of nitrogens with two attached hydrogens (primary N) is 1. The molecule has 3 N–H and O–H groups in total. The van der Waals surface area contributed by atoms with Crippen molar-refractivity contribution in [3.05, 3.63) is 29.6 Å². The molecule has 0 amide bonds. The van der Waals surface area contributed by atoms with Crippen molar-refractivity contribution in [3.63, 3.8) is 0 Å². The second kappa shape index (κ2) is 9.06. The van der Waals surface area contributed by atoms with Crippen LogP contribution in [0.25, 0.3) is 0 Å². The van der Waals surface area contributed by atoms with Gasteiger partial charge in [0.1, 0.15) is 0 Å². The Labute approximate surface area is 111 Å². The van der Waals surface area contributed by atoms with Crippen molar-refractivity contribution < 1.29 is 0 Å². The zero-order valence-electron chi connectivity index (χ0n) is 11.8. The smallest absolute Gasteiger partial charge is 0.0477 e. The molecule has 1 heterocycles. The van der Waals surface area contributed by atoms with Gasteiger partial charge in [0.2, 0.25) is 0 Å². The van der Waals surface area contributed by atoms with Crippen molar-refractivity contribution in [1.29, 1.82) is 0 Å². The van der Waals surface area contributed by atoms with Gasteiger partial charge in [-0.05, 0) is 25.0 Å². The van der Waals surface area contributed by atoms with Crippen molar-refractivity contribution in [1.82, 2.24) is 10.4 Å². The molecule has 1 aromatic heterocycles. The Morgan fingerprint density at radius 1 is 1.22 bits per heavy atom. The zero-order valence-corrected chi connectivity index (χ0v) is 11.8. The summed E-state index contributed by atoms with van der Waals surface area (Å²) in [5, 5.41) is 0. The molecule has 1 aromatic rings. The van der Waals surface area contributed by atoms with Gasteiger partial charge in [-0.25, -0.2) is 0 Å². The van der Waals surface area contributed by atoms with Gasteiger partial charge in [0.15, 0.2) is 0 Å². The van der Waals surface area contributed by atoms with E-state index in [1.54, 1.807) is 0 Å². The van der Waals surface area contributed by atoms with Crippen molar-refractivity contribution >= 4 is 0 Å². The minimum Gasteiger partial charge on any atom is -0.271 e. The summed E-state index contributed by atoms with van der Waals surface area (Å²) in [4.78, 5) is 4.32. The monoisotopic (exact) mass is 249 g/mol. The third-order valence-corrected chi connectivity index (χ3v) is 3.47. The molecule has 3 nitrogen and oxygen atoms in total. The van der Waals surface area contributed by atoms with Gasteiger partial charge in [-0.2, -0.15) is 0 Å². The molecule has 0 aromatic carbocycles. The molecular formula is C15H27N3. The number of unbranched alkanes of at least 4 members (excludes halogenated alkanes) is 5. The summed E-state index contributed by atoms with van der Waals surface area (Å²) >= 11 is 0. The predicted octanol–water partition coefficient (Wildman–Crippen LogP) is 3.65. The molecule has 0 saturated heterocycles. The Bertz CT molecular complexity index is 325. The first-order valence-corrected chi connectivity index (χ1v) is 7.17. The third kappa shape index (κ3) is 5.15. The van der Waals surface area contributed by atoms with E-state index in [0.717, 1.165) is 12.1 Å². The summed E-state index contributed by atoms with van der Waals surface area (Å²) < 4.78 is 0. The second-order valence-corrected chi connectivity index (χ2v) is 4.95. The molecule has 0 bridgehead atoms. The van der Waals surface area contributed by atoms with E-state index < -0.39 is 0 Å². The number of nitrogens with zero attached hydrogens (tertiary/aromatic N) is 1. The van der Waals surface area contributed by atoms with E-state index in [1.165, 1.54) is 44.1 Å². The number of rotatable bonds is 9. The number of hydrazine groups is 1. The number of hydrogen-bond donors (Lipinski definition) is 2. The maximum absolute atomic E-state index is 5.66. The van der Waals surface area contributed by atoms with E-state index in [9.17, 15) is 0 Å². The van der Waals surface area contributed by atoms with Crippen LogP contribution in [-0.2, 0) is 0 Å². The van der Waals surface area contributed by atoms with Gasteiger partial charge >= 0.3 is 0 Å². The average molecular weight is 249 g/mol. The maximum Gasteiger partial charge on any atom is 0.0477 e. The summed E-state index contributed by atoms with van der Waals surface area (Å²) in [6.45, 7) is 4.29. The van der Waals surface area contributed by atoms with Crippen LogP contribution in [0, 0.1) is 6.92 Å². The topological polar surface area (TPSA) is 50.9 Å². The maximum atomic E-state index is 5.66. The Kier molecular flexibility index (Phi) is 7.62. The van der Waals surface area contributed by atoms with Gasteiger partial charge < -0.3 is 0 Å². The van der Waals surface area contributed by atoms with Gasteiger partial charge in [-0.15, -0.1) is 0 Å². The molecule has 0 aliphatic carbocycles. The lowest BCUT2D eigenvalue weighted by Crippen LogP contribution is -2.28. The summed E-state index contributed by atoms with van der Waals surface area (Å²) in [6.07, 6.45) is 10.8. The highest BCUT2D eigenvalue weighted by molar-refractivity contribution is 5.22. The normalized spacial score (nSPS) is 12.6. The molecule has 0 aliphatic heterocycles. The van der Waals surface area contributed by atoms with Crippen LogP contribution in [0.5, 0.6) is 0 Å². The predicted molar refractivity (Wildman–Crippen MR) is 77.0 cm³/mol. The van der Waals surface area contributed by atoms with Crippen molar-refractivity contribution in [2.24, 2.45) is 5.84 Å². The van der Waals surface area contributed by atoms with Gasteiger partial charge in [-0.3, -0.25) is 16.3 Å². The Hall–Kier alpha value is -0.930. The molecule has 1 rings (SSSR count). The fourth-order valence-corrected chi connectivity index (χ4v) is 2.32. The second-order valence-electron chi connectivity index (χ2n) is 4.95. The van der Waals surface area contributed by atoms with Crippen LogP contribution in [0.15, 0.2) is 18.3 Å². The molecule has 0 spiro atoms. The number of nitrogens with one attached hydrogen (secondary N) is 1. The van der Waals surface area contributed by atoms with Crippen molar-refractivity contribution in [2.75, 3.05) is 0 Å². The average Bonchev–Trinajstić information content (AvgIpc) is 2.39. The zero-order chi connectivity index (χ0) is 13.2. The van der Waals surface area contributed by atoms with Crippen LogP contribution >= 0.6 is 0 Å². The molecule has 3 heteroatoms. The molecule has 1 atom stereocenters. The minimum atomic E-state index is 0.241. The summed E-state index contributed by atoms with van der Waals surface area (Å²) in [7, 11) is 0. The SMILES string of the molecule is CCCCCCCCC(NN)c1cccnc1C. The lowest BCUT2D eigenvalue weighted by atomic mass is 9.99. The Morgan fingerprint density at radius 2 is 1.94 bits per heavy atom. The van der Waals surface area contributed by atoms with Crippen LogP contribution in [0.4, 0.5) is 0 Å². The highest BCUT2D eigenvalue weighted by Gasteiger charge is 2.11. The Morgan fingerprint density at radius 3 is 2.61 bits per heavy atom. The van der Waals surface area contributed by atoms with E-state index in [2.05, 4.69) is 23.4 Å². The number of pyridine rings is 1.